The third-order valence-electron chi connectivity index (χ3n) is 3.49. The molecule has 104 valence electrons. The molecule has 1 heterocycles. The number of nitrogens with zero attached hydrogens (tertiary/aromatic N) is 2. The van der Waals surface area contributed by atoms with E-state index < -0.39 is 0 Å². The average molecular weight is 262 g/mol. The van der Waals surface area contributed by atoms with Crippen LogP contribution in [0.2, 0.25) is 0 Å². The van der Waals surface area contributed by atoms with E-state index >= 15 is 0 Å². The van der Waals surface area contributed by atoms with Crippen LogP contribution >= 0.6 is 0 Å². The number of piperazine rings is 1. The topological polar surface area (TPSA) is 32.8 Å². The molecule has 1 fully saturated rings. The van der Waals surface area contributed by atoms with E-state index in [1.165, 1.54) is 5.56 Å². The number of rotatable bonds is 6. The monoisotopic (exact) mass is 262 g/mol. The third kappa shape index (κ3) is 4.65. The molecule has 1 saturated heterocycles. The Hall–Kier alpha value is -1.39. The van der Waals surface area contributed by atoms with Crippen molar-refractivity contribution in [1.29, 1.82) is 0 Å². The van der Waals surface area contributed by atoms with Crippen LogP contribution in [0.1, 0.15) is 5.56 Å². The summed E-state index contributed by atoms with van der Waals surface area (Å²) in [4.78, 5) is 15.0. The second kappa shape index (κ2) is 7.26. The summed E-state index contributed by atoms with van der Waals surface area (Å²) in [6.45, 7) is 8.29. The summed E-state index contributed by atoms with van der Waals surface area (Å²) in [7, 11) is 0. The molecule has 0 saturated carbocycles. The lowest BCUT2D eigenvalue weighted by molar-refractivity contribution is -0.109. The van der Waals surface area contributed by atoms with Crippen molar-refractivity contribution in [1.82, 2.24) is 9.80 Å². The Bertz CT molecular complexity index is 384. The molecule has 0 spiro atoms. The first-order chi connectivity index (χ1) is 9.28. The maximum Gasteiger partial charge on any atom is 0.133 e. The molecule has 1 aromatic carbocycles. The van der Waals surface area contributed by atoms with Gasteiger partial charge in [0.25, 0.3) is 0 Å². The van der Waals surface area contributed by atoms with Gasteiger partial charge in [0.15, 0.2) is 0 Å². The van der Waals surface area contributed by atoms with Crippen molar-refractivity contribution in [3.8, 4) is 5.75 Å². The molecule has 0 amide bonds. The Balaban J connectivity index is 1.64. The fourth-order valence-electron chi connectivity index (χ4n) is 2.23. The fraction of sp³-hybridized carbons (Fsp3) is 0.533. The highest BCUT2D eigenvalue weighted by Gasteiger charge is 2.15. The lowest BCUT2D eigenvalue weighted by Gasteiger charge is -2.33. The van der Waals surface area contributed by atoms with Gasteiger partial charge in [0.1, 0.15) is 18.6 Å². The van der Waals surface area contributed by atoms with Crippen LogP contribution in [0.5, 0.6) is 5.75 Å². The number of hydrogen-bond donors (Lipinski definition) is 0. The summed E-state index contributed by atoms with van der Waals surface area (Å²) in [6, 6.07) is 8.15. The largest absolute Gasteiger partial charge is 0.492 e. The SMILES string of the molecule is Cc1ccc(OCCN2CCN(CC=O)CC2)cc1. The van der Waals surface area contributed by atoms with E-state index in [9.17, 15) is 4.79 Å². The van der Waals surface area contributed by atoms with Crippen molar-refractivity contribution >= 4 is 6.29 Å². The average Bonchev–Trinajstić information content (AvgIpc) is 2.43. The van der Waals surface area contributed by atoms with Crippen molar-refractivity contribution in [2.45, 2.75) is 6.92 Å². The van der Waals surface area contributed by atoms with Crippen LogP contribution in [0.25, 0.3) is 0 Å². The molecule has 0 aromatic heterocycles. The van der Waals surface area contributed by atoms with Gasteiger partial charge in [-0.1, -0.05) is 17.7 Å². The molecule has 4 nitrogen and oxygen atoms in total. The zero-order chi connectivity index (χ0) is 13.5. The maximum absolute atomic E-state index is 10.4. The quantitative estimate of drug-likeness (QED) is 0.721. The molecule has 0 N–H and O–H groups in total. The molecule has 19 heavy (non-hydrogen) atoms. The van der Waals surface area contributed by atoms with Crippen LogP contribution in [-0.2, 0) is 4.79 Å². The summed E-state index contributed by atoms with van der Waals surface area (Å²) in [6.07, 6.45) is 0.982. The highest BCUT2D eigenvalue weighted by atomic mass is 16.5. The molecule has 2 rings (SSSR count). The van der Waals surface area contributed by atoms with Gasteiger partial charge in [-0.3, -0.25) is 9.80 Å². The maximum atomic E-state index is 10.4. The third-order valence-corrected chi connectivity index (χ3v) is 3.49. The van der Waals surface area contributed by atoms with Crippen LogP contribution < -0.4 is 4.74 Å². The molecule has 1 aromatic rings. The van der Waals surface area contributed by atoms with Crippen molar-refractivity contribution < 1.29 is 9.53 Å². The van der Waals surface area contributed by atoms with E-state index in [0.29, 0.717) is 6.54 Å². The van der Waals surface area contributed by atoms with Gasteiger partial charge in [-0.05, 0) is 19.1 Å². The van der Waals surface area contributed by atoms with Gasteiger partial charge in [-0.25, -0.2) is 0 Å². The van der Waals surface area contributed by atoms with Crippen LogP contribution in [0.3, 0.4) is 0 Å². The van der Waals surface area contributed by atoms with Crippen molar-refractivity contribution in [3.63, 3.8) is 0 Å². The predicted octanol–water partition coefficient (Wildman–Crippen LogP) is 1.19. The summed E-state index contributed by atoms with van der Waals surface area (Å²) < 4.78 is 5.73. The number of carbonyl (C=O) groups excluding carboxylic acids is 1. The second-order valence-electron chi connectivity index (χ2n) is 4.97. The van der Waals surface area contributed by atoms with E-state index in [0.717, 1.165) is 51.4 Å². The molecular weight excluding hydrogens is 240 g/mol. The van der Waals surface area contributed by atoms with Crippen LogP contribution in [0, 0.1) is 6.92 Å². The highest BCUT2D eigenvalue weighted by Crippen LogP contribution is 2.11. The van der Waals surface area contributed by atoms with Crippen LogP contribution in [-0.4, -0.2) is 62.0 Å². The Kier molecular flexibility index (Phi) is 5.36. The zero-order valence-electron chi connectivity index (χ0n) is 11.5. The molecule has 1 aliphatic heterocycles. The van der Waals surface area contributed by atoms with E-state index in [4.69, 9.17) is 4.74 Å². The number of ether oxygens (including phenoxy) is 1. The molecule has 4 heteroatoms. The number of carbonyl (C=O) groups is 1. The first-order valence-corrected chi connectivity index (χ1v) is 6.86. The minimum atomic E-state index is 0.563. The van der Waals surface area contributed by atoms with Gasteiger partial charge in [-0.15, -0.1) is 0 Å². The summed E-state index contributed by atoms with van der Waals surface area (Å²) >= 11 is 0. The smallest absolute Gasteiger partial charge is 0.133 e. The Morgan fingerprint density at radius 3 is 2.37 bits per heavy atom. The second-order valence-corrected chi connectivity index (χ2v) is 4.97. The van der Waals surface area contributed by atoms with Gasteiger partial charge in [0, 0.05) is 32.7 Å². The van der Waals surface area contributed by atoms with E-state index in [1.807, 2.05) is 12.1 Å². The molecule has 0 bridgehead atoms. The van der Waals surface area contributed by atoms with E-state index in [-0.39, 0.29) is 0 Å². The summed E-state index contributed by atoms with van der Waals surface area (Å²) in [5, 5.41) is 0. The van der Waals surface area contributed by atoms with Gasteiger partial charge in [0.05, 0.1) is 6.54 Å². The Morgan fingerprint density at radius 1 is 1.11 bits per heavy atom. The highest BCUT2D eigenvalue weighted by molar-refractivity contribution is 5.51. The number of aldehydes is 1. The molecule has 0 unspecified atom stereocenters. The minimum Gasteiger partial charge on any atom is -0.492 e. The van der Waals surface area contributed by atoms with Gasteiger partial charge in [-0.2, -0.15) is 0 Å². The van der Waals surface area contributed by atoms with Crippen molar-refractivity contribution in [3.05, 3.63) is 29.8 Å². The van der Waals surface area contributed by atoms with Crippen molar-refractivity contribution in [2.24, 2.45) is 0 Å². The number of benzene rings is 1. The normalized spacial score (nSPS) is 17.3. The number of hydrogen-bond acceptors (Lipinski definition) is 4. The van der Waals surface area contributed by atoms with Gasteiger partial charge >= 0.3 is 0 Å². The molecule has 1 aliphatic rings. The molecule has 0 aliphatic carbocycles. The standard InChI is InChI=1S/C15H22N2O2/c1-14-2-4-15(5-3-14)19-13-11-17-8-6-16(7-9-17)10-12-18/h2-5,12H,6-11,13H2,1H3. The zero-order valence-corrected chi connectivity index (χ0v) is 11.5. The minimum absolute atomic E-state index is 0.563. The predicted molar refractivity (Wildman–Crippen MR) is 75.6 cm³/mol. The fourth-order valence-corrected chi connectivity index (χ4v) is 2.23. The van der Waals surface area contributed by atoms with Crippen LogP contribution in [0.15, 0.2) is 24.3 Å². The van der Waals surface area contributed by atoms with Crippen LogP contribution in [0.4, 0.5) is 0 Å². The molecule has 0 radical (unpaired) electrons. The molecular formula is C15H22N2O2. The first-order valence-electron chi connectivity index (χ1n) is 6.86. The van der Waals surface area contributed by atoms with Gasteiger partial charge in [0.2, 0.25) is 0 Å². The first kappa shape index (κ1) is 14.0. The lowest BCUT2D eigenvalue weighted by Crippen LogP contribution is -2.47. The lowest BCUT2D eigenvalue weighted by atomic mass is 10.2. The Labute approximate surface area is 115 Å². The van der Waals surface area contributed by atoms with Gasteiger partial charge < -0.3 is 9.53 Å². The summed E-state index contributed by atoms with van der Waals surface area (Å²) in [5.41, 5.74) is 1.25. The summed E-state index contributed by atoms with van der Waals surface area (Å²) in [5.74, 6) is 0.935. The van der Waals surface area contributed by atoms with Crippen molar-refractivity contribution in [2.75, 3.05) is 45.9 Å². The Morgan fingerprint density at radius 2 is 1.74 bits per heavy atom. The van der Waals surface area contributed by atoms with E-state index in [1.54, 1.807) is 0 Å². The van der Waals surface area contributed by atoms with E-state index in [2.05, 4.69) is 28.9 Å². The number of aryl methyl sites for hydroxylation is 1. The molecule has 0 atom stereocenters.